The lowest BCUT2D eigenvalue weighted by Gasteiger charge is -2.24. The maximum atomic E-state index is 13.8. The number of carboxylic acids is 3. The monoisotopic (exact) mass is 1020 g/mol. The first kappa shape index (κ1) is 66.9. The van der Waals surface area contributed by atoms with Crippen LogP contribution in [0.1, 0.15) is 239 Å². The van der Waals surface area contributed by atoms with Gasteiger partial charge in [0.1, 0.15) is 18.1 Å². The van der Waals surface area contributed by atoms with Crippen LogP contribution in [-0.4, -0.2) is 112 Å². The lowest BCUT2D eigenvalue weighted by molar-refractivity contribution is -0.143. The van der Waals surface area contributed by atoms with Gasteiger partial charge in [-0.1, -0.05) is 168 Å². The maximum Gasteiger partial charge on any atom is 0.305 e. The van der Waals surface area contributed by atoms with Gasteiger partial charge in [0, 0.05) is 19.4 Å². The number of rotatable bonds is 49. The van der Waals surface area contributed by atoms with Gasteiger partial charge in [0.15, 0.2) is 5.78 Å². The Hall–Kier alpha value is -5.10. The van der Waals surface area contributed by atoms with Gasteiger partial charge >= 0.3 is 17.9 Å². The number of ketones is 1. The molecule has 0 unspecified atom stereocenters. The normalized spacial score (nSPS) is 12.7. The minimum Gasteiger partial charge on any atom is -0.481 e. The maximum absolute atomic E-state index is 13.8. The van der Waals surface area contributed by atoms with Gasteiger partial charge in [0.25, 0.3) is 0 Å². The lowest BCUT2D eigenvalue weighted by Crippen LogP contribution is -2.58. The van der Waals surface area contributed by atoms with Crippen molar-refractivity contribution in [1.29, 1.82) is 0 Å². The van der Waals surface area contributed by atoms with Gasteiger partial charge in [-0.15, -0.1) is 0 Å². The van der Waals surface area contributed by atoms with Crippen LogP contribution >= 0.6 is 0 Å². The van der Waals surface area contributed by atoms with Crippen LogP contribution in [0.15, 0.2) is 0 Å². The first-order valence-corrected chi connectivity index (χ1v) is 27.4. The molecule has 0 aromatic rings. The van der Waals surface area contributed by atoms with E-state index in [-0.39, 0.29) is 18.7 Å². The largest absolute Gasteiger partial charge is 0.481 e. The number of amides is 6. The molecule has 0 bridgehead atoms. The molecule has 0 saturated heterocycles. The van der Waals surface area contributed by atoms with Crippen LogP contribution in [0.3, 0.4) is 0 Å². The van der Waals surface area contributed by atoms with Gasteiger partial charge in [0.2, 0.25) is 35.4 Å². The Labute approximate surface area is 429 Å². The Morgan fingerprint density at radius 1 is 0.347 bits per heavy atom. The molecule has 0 rings (SSSR count). The zero-order valence-corrected chi connectivity index (χ0v) is 44.2. The minimum atomic E-state index is -1.87. The van der Waals surface area contributed by atoms with Crippen molar-refractivity contribution in [3.05, 3.63) is 0 Å². The SMILES string of the molecule is CCCCCCCCCCCCCCCC(=O)NCCCC[C@H](NC(=O)CCCCCCCCCCCCCCC)C(=O)N[C@@H](CC(=O)O)C(=O)N[C@@H](CC(=O)O)C(=O)NCC(=O)N[C@@H](CC(=O)O)C(C)=O. The molecule has 0 aliphatic carbocycles. The lowest BCUT2D eigenvalue weighted by atomic mass is 10.0. The number of carbonyl (C=O) groups excluding carboxylic acids is 7. The molecule has 0 aliphatic rings. The Morgan fingerprint density at radius 3 is 1.10 bits per heavy atom. The molecule has 0 aromatic carbocycles. The first-order valence-electron chi connectivity index (χ1n) is 27.4. The third-order valence-electron chi connectivity index (χ3n) is 12.6. The highest BCUT2D eigenvalue weighted by Gasteiger charge is 2.32. The Balaban J connectivity index is 5.45. The van der Waals surface area contributed by atoms with Gasteiger partial charge in [0.05, 0.1) is 31.8 Å². The predicted molar refractivity (Wildman–Crippen MR) is 276 cm³/mol. The smallest absolute Gasteiger partial charge is 0.305 e. The van der Waals surface area contributed by atoms with Crippen molar-refractivity contribution in [3.8, 4) is 0 Å². The molecule has 0 aliphatic heterocycles. The number of nitrogens with one attached hydrogen (secondary N) is 6. The average molecular weight is 1020 g/mol. The molecule has 0 saturated carbocycles. The Kier molecular flexibility index (Phi) is 41.4. The number of Topliss-reactive ketones (excluding diaryl/α,β-unsaturated/α-hetero) is 1. The fourth-order valence-corrected chi connectivity index (χ4v) is 8.25. The molecule has 0 radical (unpaired) electrons. The molecule has 0 heterocycles. The molecule has 4 atom stereocenters. The topological polar surface area (TPSA) is 304 Å². The van der Waals surface area contributed by atoms with E-state index < -0.39 is 103 Å². The van der Waals surface area contributed by atoms with E-state index in [1.165, 1.54) is 116 Å². The van der Waals surface area contributed by atoms with Gasteiger partial charge in [-0.2, -0.15) is 0 Å². The zero-order chi connectivity index (χ0) is 53.8. The molecular formula is C53H94N6O13. The summed E-state index contributed by atoms with van der Waals surface area (Å²) in [4.78, 5) is 125. The van der Waals surface area contributed by atoms with E-state index in [4.69, 9.17) is 5.11 Å². The summed E-state index contributed by atoms with van der Waals surface area (Å²) >= 11 is 0. The van der Waals surface area contributed by atoms with Crippen molar-refractivity contribution in [2.45, 2.75) is 263 Å². The third-order valence-corrected chi connectivity index (χ3v) is 12.6. The molecule has 9 N–H and O–H groups in total. The highest BCUT2D eigenvalue weighted by atomic mass is 16.4. The highest BCUT2D eigenvalue weighted by molar-refractivity contribution is 5.98. The van der Waals surface area contributed by atoms with Crippen molar-refractivity contribution in [2.75, 3.05) is 13.1 Å². The Morgan fingerprint density at radius 2 is 0.694 bits per heavy atom. The third kappa shape index (κ3) is 39.5. The van der Waals surface area contributed by atoms with Crippen LogP contribution in [0.5, 0.6) is 0 Å². The Bertz CT molecular complexity index is 1590. The van der Waals surface area contributed by atoms with Crippen molar-refractivity contribution in [3.63, 3.8) is 0 Å². The molecule has 0 spiro atoms. The van der Waals surface area contributed by atoms with Crippen LogP contribution in [0.25, 0.3) is 0 Å². The zero-order valence-electron chi connectivity index (χ0n) is 44.2. The van der Waals surface area contributed by atoms with E-state index in [2.05, 4.69) is 45.7 Å². The summed E-state index contributed by atoms with van der Waals surface area (Å²) in [6.45, 7) is 4.98. The fourth-order valence-electron chi connectivity index (χ4n) is 8.25. The molecule has 72 heavy (non-hydrogen) atoms. The second-order valence-electron chi connectivity index (χ2n) is 19.3. The summed E-state index contributed by atoms with van der Waals surface area (Å²) in [5.74, 6) is -9.91. The second kappa shape index (κ2) is 44.6. The summed E-state index contributed by atoms with van der Waals surface area (Å²) in [6, 6.07) is -6.31. The van der Waals surface area contributed by atoms with Crippen LogP contribution in [0.4, 0.5) is 0 Å². The standard InChI is InChI=1S/C53H94N6O13/c1-4-6-8-10-12-14-16-18-20-22-24-26-28-33-45(61)54-35-31-30-32-41(56-46(62)34-29-27-25-23-21-19-17-15-13-11-9-7-5-2)52(71)59-44(38-50(68)69)53(72)58-43(37-49(66)67)51(70)55-39-47(63)57-42(40(3)60)36-48(64)65/h41-44H,4-39H2,1-3H3,(H,54,61)(H,55,70)(H,56,62)(H,57,63)(H,58,72)(H,59,71)(H,64,65)(H,66,67)(H,68,69)/t41-,42-,43-,44-/m0/s1. The highest BCUT2D eigenvalue weighted by Crippen LogP contribution is 2.15. The van der Waals surface area contributed by atoms with E-state index in [1.807, 2.05) is 0 Å². The van der Waals surface area contributed by atoms with Crippen molar-refractivity contribution < 1.29 is 63.3 Å². The predicted octanol–water partition coefficient (Wildman–Crippen LogP) is 7.30. The molecule has 414 valence electrons. The minimum absolute atomic E-state index is 0.0727. The van der Waals surface area contributed by atoms with Gasteiger partial charge in [-0.25, -0.2) is 0 Å². The number of carbonyl (C=O) groups is 10. The number of aliphatic carboxylic acids is 3. The first-order chi connectivity index (χ1) is 34.5. The quantitative estimate of drug-likeness (QED) is 0.0271. The van der Waals surface area contributed by atoms with Gasteiger partial charge in [-0.05, 0) is 39.0 Å². The number of carboxylic acid groups (broad SMARTS) is 3. The summed E-state index contributed by atoms with van der Waals surface area (Å²) in [7, 11) is 0. The van der Waals surface area contributed by atoms with Crippen molar-refractivity contribution >= 4 is 59.1 Å². The molecule has 6 amide bonds. The number of unbranched alkanes of at least 4 members (excludes halogenated alkanes) is 25. The number of hydrogen-bond donors (Lipinski definition) is 9. The van der Waals surface area contributed by atoms with Crippen LogP contribution < -0.4 is 31.9 Å². The van der Waals surface area contributed by atoms with Crippen molar-refractivity contribution in [2.24, 2.45) is 0 Å². The molecular weight excluding hydrogens is 929 g/mol. The number of hydrogen-bond acceptors (Lipinski definition) is 10. The molecule has 19 nitrogen and oxygen atoms in total. The molecule has 19 heteroatoms. The molecule has 0 aromatic heterocycles. The van der Waals surface area contributed by atoms with Crippen molar-refractivity contribution in [1.82, 2.24) is 31.9 Å². The van der Waals surface area contributed by atoms with E-state index >= 15 is 0 Å². The second-order valence-corrected chi connectivity index (χ2v) is 19.3. The van der Waals surface area contributed by atoms with E-state index in [9.17, 15) is 58.2 Å². The van der Waals surface area contributed by atoms with E-state index in [1.54, 1.807) is 0 Å². The summed E-state index contributed by atoms with van der Waals surface area (Å²) < 4.78 is 0. The van der Waals surface area contributed by atoms with Crippen LogP contribution in [-0.2, 0) is 47.9 Å². The van der Waals surface area contributed by atoms with Crippen LogP contribution in [0, 0.1) is 0 Å². The summed E-state index contributed by atoms with van der Waals surface area (Å²) in [5.41, 5.74) is 0. The van der Waals surface area contributed by atoms with E-state index in [0.717, 1.165) is 51.9 Å². The van der Waals surface area contributed by atoms with E-state index in [0.29, 0.717) is 32.2 Å². The fraction of sp³-hybridized carbons (Fsp3) is 0.811. The summed E-state index contributed by atoms with van der Waals surface area (Å²) in [5, 5.41) is 42.5. The van der Waals surface area contributed by atoms with Gasteiger partial charge < -0.3 is 47.2 Å². The average Bonchev–Trinajstić information content (AvgIpc) is 3.32. The molecule has 0 fully saturated rings. The van der Waals surface area contributed by atoms with Gasteiger partial charge in [-0.3, -0.25) is 47.9 Å². The van der Waals surface area contributed by atoms with Crippen LogP contribution in [0.2, 0.25) is 0 Å². The summed E-state index contributed by atoms with van der Waals surface area (Å²) in [6.07, 6.45) is 29.0.